The van der Waals surface area contributed by atoms with Gasteiger partial charge in [-0.15, -0.1) is 11.6 Å². The maximum atomic E-state index is 6.28. The fraction of sp³-hybridized carbons (Fsp3) is 0.600. The van der Waals surface area contributed by atoms with Gasteiger partial charge in [0.2, 0.25) is 0 Å². The van der Waals surface area contributed by atoms with E-state index < -0.39 is 0 Å². The van der Waals surface area contributed by atoms with Crippen molar-refractivity contribution in [3.63, 3.8) is 0 Å². The molecule has 0 fully saturated rings. The Morgan fingerprint density at radius 3 is 2.71 bits per heavy atom. The number of aromatic nitrogens is 3. The van der Waals surface area contributed by atoms with Gasteiger partial charge >= 0.3 is 0 Å². The summed E-state index contributed by atoms with van der Waals surface area (Å²) in [4.78, 5) is 11.5. The summed E-state index contributed by atoms with van der Waals surface area (Å²) < 4.78 is 3.08. The first-order chi connectivity index (χ1) is 9.90. The first-order valence-electron chi connectivity index (χ1n) is 7.26. The predicted octanol–water partition coefficient (Wildman–Crippen LogP) is 4.22. The summed E-state index contributed by atoms with van der Waals surface area (Å²) in [5.41, 5.74) is 1.80. The number of alkyl halides is 1. The first kappa shape index (κ1) is 16.7. The summed E-state index contributed by atoms with van der Waals surface area (Å²) in [7, 11) is 2.15. The summed E-state index contributed by atoms with van der Waals surface area (Å²) in [5.74, 6) is 0.893. The Morgan fingerprint density at radius 1 is 1.38 bits per heavy atom. The molecule has 0 amide bonds. The Balaban J connectivity index is 2.22. The van der Waals surface area contributed by atoms with Crippen LogP contribution in [0.5, 0.6) is 0 Å². The number of aryl methyl sites for hydroxylation is 1. The Labute approximate surface area is 139 Å². The van der Waals surface area contributed by atoms with Crippen LogP contribution in [-0.4, -0.2) is 39.1 Å². The summed E-state index contributed by atoms with van der Waals surface area (Å²) in [6.07, 6.45) is 2.86. The van der Waals surface area contributed by atoms with Crippen LogP contribution < -0.4 is 0 Å². The molecule has 0 aromatic carbocycles. The van der Waals surface area contributed by atoms with E-state index in [0.29, 0.717) is 6.04 Å². The molecule has 0 N–H and O–H groups in total. The molecule has 4 nitrogen and oxygen atoms in total. The highest BCUT2D eigenvalue weighted by molar-refractivity contribution is 9.10. The second kappa shape index (κ2) is 7.07. The topological polar surface area (TPSA) is 34.0 Å². The normalized spacial score (nSPS) is 13.5. The number of fused-ring (bicyclic) bond motifs is 1. The van der Waals surface area contributed by atoms with Gasteiger partial charge in [-0.3, -0.25) is 0 Å². The molecular formula is C15H22BrClN4. The number of imidazole rings is 1. The van der Waals surface area contributed by atoms with Crippen molar-refractivity contribution < 1.29 is 0 Å². The second-order valence-electron chi connectivity index (χ2n) is 5.66. The lowest BCUT2D eigenvalue weighted by atomic mass is 10.3. The first-order valence-corrected chi connectivity index (χ1v) is 8.49. The summed E-state index contributed by atoms with van der Waals surface area (Å²) >= 11 is 9.72. The number of hydrogen-bond acceptors (Lipinski definition) is 3. The molecule has 0 radical (unpaired) electrons. The van der Waals surface area contributed by atoms with Crippen LogP contribution in [0.25, 0.3) is 11.2 Å². The van der Waals surface area contributed by atoms with Crippen molar-refractivity contribution in [1.29, 1.82) is 0 Å². The van der Waals surface area contributed by atoms with Crippen molar-refractivity contribution >= 4 is 38.7 Å². The van der Waals surface area contributed by atoms with E-state index in [1.165, 1.54) is 0 Å². The number of nitrogens with zero attached hydrogens (tertiary/aromatic N) is 4. The van der Waals surface area contributed by atoms with Crippen LogP contribution in [0, 0.1) is 0 Å². The van der Waals surface area contributed by atoms with Crippen LogP contribution >= 0.6 is 27.5 Å². The van der Waals surface area contributed by atoms with Gasteiger partial charge in [-0.1, -0.05) is 0 Å². The van der Waals surface area contributed by atoms with Gasteiger partial charge in [-0.2, -0.15) is 0 Å². The summed E-state index contributed by atoms with van der Waals surface area (Å²) in [6, 6.07) is 2.55. The number of rotatable bonds is 6. The van der Waals surface area contributed by atoms with Crippen LogP contribution in [0.1, 0.15) is 38.4 Å². The van der Waals surface area contributed by atoms with E-state index in [1.54, 1.807) is 0 Å². The van der Waals surface area contributed by atoms with Crippen LogP contribution in [-0.2, 0) is 6.54 Å². The van der Waals surface area contributed by atoms with Gasteiger partial charge in [0.25, 0.3) is 0 Å². The number of hydrogen-bond donors (Lipinski definition) is 0. The highest BCUT2D eigenvalue weighted by atomic mass is 79.9. The fourth-order valence-electron chi connectivity index (χ4n) is 2.26. The minimum Gasteiger partial charge on any atom is -0.311 e. The quantitative estimate of drug-likeness (QED) is 0.711. The van der Waals surface area contributed by atoms with Gasteiger partial charge in [0.1, 0.15) is 11.3 Å². The zero-order valence-electron chi connectivity index (χ0n) is 13.0. The molecule has 0 saturated carbocycles. The van der Waals surface area contributed by atoms with Gasteiger partial charge in [-0.05, 0) is 62.8 Å². The standard InChI is InChI=1S/C15H22BrClN4/c1-10(2)20(4)6-5-7-21-14(11(3)17)19-13-8-12(16)9-18-15(13)21/h8-11H,5-7H2,1-4H3. The Kier molecular flexibility index (Phi) is 5.63. The zero-order chi connectivity index (χ0) is 15.6. The summed E-state index contributed by atoms with van der Waals surface area (Å²) in [6.45, 7) is 8.29. The smallest absolute Gasteiger partial charge is 0.160 e. The van der Waals surface area contributed by atoms with Gasteiger partial charge < -0.3 is 9.47 Å². The van der Waals surface area contributed by atoms with Crippen molar-refractivity contribution in [3.8, 4) is 0 Å². The van der Waals surface area contributed by atoms with E-state index in [2.05, 4.69) is 56.3 Å². The van der Waals surface area contributed by atoms with Crippen LogP contribution in [0.2, 0.25) is 0 Å². The predicted molar refractivity (Wildman–Crippen MR) is 91.9 cm³/mol. The average molecular weight is 374 g/mol. The lowest BCUT2D eigenvalue weighted by Crippen LogP contribution is -2.28. The van der Waals surface area contributed by atoms with Gasteiger partial charge in [0.15, 0.2) is 5.65 Å². The van der Waals surface area contributed by atoms with Crippen molar-refractivity contribution in [2.24, 2.45) is 0 Å². The SMILES string of the molecule is CC(Cl)c1nc2cc(Br)cnc2n1CCCN(C)C(C)C. The molecule has 116 valence electrons. The molecule has 0 bridgehead atoms. The Morgan fingerprint density at radius 2 is 2.10 bits per heavy atom. The molecule has 2 heterocycles. The molecule has 0 aliphatic heterocycles. The van der Waals surface area contributed by atoms with Gasteiger partial charge in [-0.25, -0.2) is 9.97 Å². The highest BCUT2D eigenvalue weighted by Crippen LogP contribution is 2.25. The van der Waals surface area contributed by atoms with Crippen molar-refractivity contribution in [2.45, 2.75) is 45.2 Å². The third-order valence-corrected chi connectivity index (χ3v) is 4.34. The molecule has 2 aromatic rings. The van der Waals surface area contributed by atoms with Crippen LogP contribution in [0.15, 0.2) is 16.7 Å². The largest absolute Gasteiger partial charge is 0.311 e. The molecule has 21 heavy (non-hydrogen) atoms. The minimum atomic E-state index is -0.124. The molecular weight excluding hydrogens is 352 g/mol. The van der Waals surface area contributed by atoms with Crippen LogP contribution in [0.4, 0.5) is 0 Å². The zero-order valence-corrected chi connectivity index (χ0v) is 15.3. The molecule has 0 aliphatic carbocycles. The number of halogens is 2. The van der Waals surface area contributed by atoms with Gasteiger partial charge in [0.05, 0.1) is 5.38 Å². The van der Waals surface area contributed by atoms with Crippen LogP contribution in [0.3, 0.4) is 0 Å². The summed E-state index contributed by atoms with van der Waals surface area (Å²) in [5, 5.41) is -0.124. The van der Waals surface area contributed by atoms with Crippen molar-refractivity contribution in [3.05, 3.63) is 22.6 Å². The van der Waals surface area contributed by atoms with E-state index in [1.807, 2.05) is 19.2 Å². The van der Waals surface area contributed by atoms with E-state index in [4.69, 9.17) is 11.6 Å². The monoisotopic (exact) mass is 372 g/mol. The van der Waals surface area contributed by atoms with Crippen molar-refractivity contribution in [1.82, 2.24) is 19.4 Å². The van der Waals surface area contributed by atoms with E-state index in [9.17, 15) is 0 Å². The minimum absolute atomic E-state index is 0.124. The van der Waals surface area contributed by atoms with Gasteiger partial charge in [0, 0.05) is 23.3 Å². The maximum Gasteiger partial charge on any atom is 0.160 e. The fourth-order valence-corrected chi connectivity index (χ4v) is 2.75. The molecule has 0 spiro atoms. The molecule has 1 atom stereocenters. The number of pyridine rings is 1. The Hall–Kier alpha value is -0.650. The lowest BCUT2D eigenvalue weighted by molar-refractivity contribution is 0.265. The molecule has 2 rings (SSSR count). The lowest BCUT2D eigenvalue weighted by Gasteiger charge is -2.21. The highest BCUT2D eigenvalue weighted by Gasteiger charge is 2.16. The third-order valence-electron chi connectivity index (χ3n) is 3.71. The maximum absolute atomic E-state index is 6.28. The van der Waals surface area contributed by atoms with E-state index in [-0.39, 0.29) is 5.38 Å². The van der Waals surface area contributed by atoms with E-state index in [0.717, 1.165) is 41.0 Å². The molecule has 1 unspecified atom stereocenters. The molecule has 0 aliphatic rings. The molecule has 0 saturated heterocycles. The third kappa shape index (κ3) is 3.96. The second-order valence-corrected chi connectivity index (χ2v) is 7.23. The Bertz CT molecular complexity index is 609. The average Bonchev–Trinajstić information content (AvgIpc) is 2.76. The van der Waals surface area contributed by atoms with E-state index >= 15 is 0 Å². The molecule has 2 aromatic heterocycles. The van der Waals surface area contributed by atoms with Crippen molar-refractivity contribution in [2.75, 3.05) is 13.6 Å². The molecule has 6 heteroatoms.